The summed E-state index contributed by atoms with van der Waals surface area (Å²) in [5.74, 6) is 0.0449. The summed E-state index contributed by atoms with van der Waals surface area (Å²) in [5.41, 5.74) is 1.03. The molecule has 0 bridgehead atoms. The van der Waals surface area contributed by atoms with Gasteiger partial charge in [0.05, 0.1) is 18.4 Å². The molecule has 0 radical (unpaired) electrons. The van der Waals surface area contributed by atoms with Gasteiger partial charge in [-0.05, 0) is 18.1 Å². The molecule has 1 saturated heterocycles. The number of carbonyl (C=O) groups is 1. The van der Waals surface area contributed by atoms with E-state index in [0.717, 1.165) is 18.5 Å². The fourth-order valence-electron chi connectivity index (χ4n) is 2.38. The maximum atomic E-state index is 12.1. The molecule has 5 nitrogen and oxygen atoms in total. The quantitative estimate of drug-likeness (QED) is 0.797. The van der Waals surface area contributed by atoms with Gasteiger partial charge in [-0.25, -0.2) is 0 Å². The van der Waals surface area contributed by atoms with E-state index in [1.165, 1.54) is 0 Å². The van der Waals surface area contributed by atoms with Gasteiger partial charge < -0.3 is 4.90 Å². The number of hydrogen-bond acceptors (Lipinski definition) is 3. The second-order valence-electron chi connectivity index (χ2n) is 4.82. The topological polar surface area (TPSA) is 51.0 Å². The predicted octanol–water partition coefficient (Wildman–Crippen LogP) is 1.76. The summed E-state index contributed by atoms with van der Waals surface area (Å²) in [6, 6.07) is 10.0. The second-order valence-corrected chi connectivity index (χ2v) is 4.82. The second kappa shape index (κ2) is 5.69. The van der Waals surface area contributed by atoms with Crippen LogP contribution in [0.3, 0.4) is 0 Å². The summed E-state index contributed by atoms with van der Waals surface area (Å²) in [6.07, 6.45) is 7.72. The zero-order valence-electron chi connectivity index (χ0n) is 11.1. The number of carbonyl (C=O) groups excluding carboxylic acids is 1. The maximum absolute atomic E-state index is 12.1. The molecule has 1 aliphatic heterocycles. The SMILES string of the molecule is O=C(/C=C/c1ccccc1)N1CC[C@@H](n2nccn2)C1. The Morgan fingerprint density at radius 2 is 1.95 bits per heavy atom. The van der Waals surface area contributed by atoms with Crippen LogP contribution in [0.15, 0.2) is 48.8 Å². The average molecular weight is 268 g/mol. The van der Waals surface area contributed by atoms with Crippen molar-refractivity contribution in [1.82, 2.24) is 19.9 Å². The summed E-state index contributed by atoms with van der Waals surface area (Å²) < 4.78 is 0. The van der Waals surface area contributed by atoms with Gasteiger partial charge in [-0.1, -0.05) is 30.3 Å². The van der Waals surface area contributed by atoms with Crippen molar-refractivity contribution < 1.29 is 4.79 Å². The first-order valence-electron chi connectivity index (χ1n) is 6.71. The van der Waals surface area contributed by atoms with Crippen molar-refractivity contribution in [1.29, 1.82) is 0 Å². The molecule has 1 aliphatic rings. The van der Waals surface area contributed by atoms with Crippen molar-refractivity contribution in [2.75, 3.05) is 13.1 Å². The summed E-state index contributed by atoms with van der Waals surface area (Å²) >= 11 is 0. The Labute approximate surface area is 117 Å². The molecule has 0 N–H and O–H groups in total. The number of amides is 1. The van der Waals surface area contributed by atoms with Gasteiger partial charge in [-0.15, -0.1) is 0 Å². The predicted molar refractivity (Wildman–Crippen MR) is 75.7 cm³/mol. The van der Waals surface area contributed by atoms with E-state index in [4.69, 9.17) is 0 Å². The smallest absolute Gasteiger partial charge is 0.246 e. The third-order valence-corrected chi connectivity index (χ3v) is 3.46. The van der Waals surface area contributed by atoms with Crippen molar-refractivity contribution in [3.05, 3.63) is 54.4 Å². The summed E-state index contributed by atoms with van der Waals surface area (Å²) in [7, 11) is 0. The molecule has 1 atom stereocenters. The van der Waals surface area contributed by atoms with Crippen molar-refractivity contribution in [3.63, 3.8) is 0 Å². The highest BCUT2D eigenvalue weighted by molar-refractivity contribution is 5.91. The van der Waals surface area contributed by atoms with Crippen molar-refractivity contribution in [2.24, 2.45) is 0 Å². The number of benzene rings is 1. The highest BCUT2D eigenvalue weighted by Gasteiger charge is 2.27. The minimum atomic E-state index is 0.0449. The molecule has 0 aliphatic carbocycles. The van der Waals surface area contributed by atoms with Crippen LogP contribution in [0.25, 0.3) is 6.08 Å². The molecule has 0 unspecified atom stereocenters. The number of rotatable bonds is 3. The lowest BCUT2D eigenvalue weighted by molar-refractivity contribution is -0.125. The highest BCUT2D eigenvalue weighted by Crippen LogP contribution is 2.19. The first kappa shape index (κ1) is 12.6. The van der Waals surface area contributed by atoms with Crippen LogP contribution in [-0.2, 0) is 4.79 Å². The van der Waals surface area contributed by atoms with Gasteiger partial charge in [0.25, 0.3) is 0 Å². The van der Waals surface area contributed by atoms with Crippen molar-refractivity contribution in [2.45, 2.75) is 12.5 Å². The van der Waals surface area contributed by atoms with Gasteiger partial charge >= 0.3 is 0 Å². The first-order valence-corrected chi connectivity index (χ1v) is 6.71. The van der Waals surface area contributed by atoms with Gasteiger partial charge in [-0.3, -0.25) is 4.79 Å². The molecule has 5 heteroatoms. The fourth-order valence-corrected chi connectivity index (χ4v) is 2.38. The molecule has 0 saturated carbocycles. The molecular weight excluding hydrogens is 252 g/mol. The molecule has 1 fully saturated rings. The minimum absolute atomic E-state index is 0.0449. The number of likely N-dealkylation sites (tertiary alicyclic amines) is 1. The molecule has 1 amide bonds. The Kier molecular flexibility index (Phi) is 3.58. The van der Waals surface area contributed by atoms with E-state index < -0.39 is 0 Å². The van der Waals surface area contributed by atoms with Crippen LogP contribution in [0.1, 0.15) is 18.0 Å². The number of nitrogens with zero attached hydrogens (tertiary/aromatic N) is 4. The minimum Gasteiger partial charge on any atom is -0.337 e. The lowest BCUT2D eigenvalue weighted by Crippen LogP contribution is -2.27. The van der Waals surface area contributed by atoms with Crippen LogP contribution < -0.4 is 0 Å². The van der Waals surface area contributed by atoms with E-state index >= 15 is 0 Å². The zero-order valence-corrected chi connectivity index (χ0v) is 11.1. The van der Waals surface area contributed by atoms with Crippen LogP contribution in [0.5, 0.6) is 0 Å². The number of hydrogen-bond donors (Lipinski definition) is 0. The summed E-state index contributed by atoms with van der Waals surface area (Å²) in [5, 5.41) is 8.27. The molecule has 1 aromatic heterocycles. The van der Waals surface area contributed by atoms with E-state index in [1.807, 2.05) is 41.3 Å². The Morgan fingerprint density at radius 1 is 1.20 bits per heavy atom. The molecule has 2 heterocycles. The van der Waals surface area contributed by atoms with Gasteiger partial charge in [-0.2, -0.15) is 15.0 Å². The van der Waals surface area contributed by atoms with Gasteiger partial charge in [0.2, 0.25) is 5.91 Å². The molecule has 102 valence electrons. The van der Waals surface area contributed by atoms with Gasteiger partial charge in [0, 0.05) is 19.2 Å². The third kappa shape index (κ3) is 2.77. The van der Waals surface area contributed by atoms with Crippen LogP contribution >= 0.6 is 0 Å². The highest BCUT2D eigenvalue weighted by atomic mass is 16.2. The Balaban J connectivity index is 1.60. The average Bonchev–Trinajstić information content (AvgIpc) is 3.16. The largest absolute Gasteiger partial charge is 0.337 e. The van der Waals surface area contributed by atoms with Crippen LogP contribution in [-0.4, -0.2) is 38.9 Å². The molecular formula is C15H16N4O. The summed E-state index contributed by atoms with van der Waals surface area (Å²) in [4.78, 5) is 15.7. The lowest BCUT2D eigenvalue weighted by Gasteiger charge is -2.13. The Morgan fingerprint density at radius 3 is 2.70 bits per heavy atom. The third-order valence-electron chi connectivity index (χ3n) is 3.46. The standard InChI is InChI=1S/C15H16N4O/c20-15(7-6-13-4-2-1-3-5-13)18-11-8-14(12-18)19-16-9-10-17-19/h1-7,9-10,14H,8,11-12H2/b7-6+/t14-/m1/s1. The Bertz CT molecular complexity index is 592. The first-order chi connectivity index (χ1) is 9.83. The van der Waals surface area contributed by atoms with Crippen molar-refractivity contribution in [3.8, 4) is 0 Å². The molecule has 1 aromatic carbocycles. The van der Waals surface area contributed by atoms with Gasteiger partial charge in [0.15, 0.2) is 0 Å². The van der Waals surface area contributed by atoms with Crippen LogP contribution in [0.4, 0.5) is 0 Å². The maximum Gasteiger partial charge on any atom is 0.246 e. The molecule has 3 rings (SSSR count). The summed E-state index contributed by atoms with van der Waals surface area (Å²) in [6.45, 7) is 1.43. The van der Waals surface area contributed by atoms with Crippen LogP contribution in [0, 0.1) is 0 Å². The normalized spacial score (nSPS) is 18.8. The van der Waals surface area contributed by atoms with E-state index in [9.17, 15) is 4.79 Å². The molecule has 0 spiro atoms. The Hall–Kier alpha value is -2.43. The van der Waals surface area contributed by atoms with Gasteiger partial charge in [0.1, 0.15) is 0 Å². The number of aromatic nitrogens is 3. The van der Waals surface area contributed by atoms with E-state index in [0.29, 0.717) is 6.54 Å². The van der Waals surface area contributed by atoms with Crippen LogP contribution in [0.2, 0.25) is 0 Å². The van der Waals surface area contributed by atoms with E-state index in [2.05, 4.69) is 10.2 Å². The van der Waals surface area contributed by atoms with E-state index in [-0.39, 0.29) is 11.9 Å². The fraction of sp³-hybridized carbons (Fsp3) is 0.267. The van der Waals surface area contributed by atoms with E-state index in [1.54, 1.807) is 23.3 Å². The zero-order chi connectivity index (χ0) is 13.8. The molecule has 2 aromatic rings. The molecule has 20 heavy (non-hydrogen) atoms. The van der Waals surface area contributed by atoms with Crippen molar-refractivity contribution >= 4 is 12.0 Å². The lowest BCUT2D eigenvalue weighted by atomic mass is 10.2. The monoisotopic (exact) mass is 268 g/mol.